The Kier molecular flexibility index (Phi) is 16.0. The predicted molar refractivity (Wildman–Crippen MR) is 213 cm³/mol. The first-order valence-electron chi connectivity index (χ1n) is 19.3. The van der Waals surface area contributed by atoms with Gasteiger partial charge in [0, 0.05) is 75.4 Å². The molecule has 2 aromatic heterocycles. The number of anilines is 1. The molecule has 0 spiro atoms. The van der Waals surface area contributed by atoms with Crippen molar-refractivity contribution in [2.45, 2.75) is 52.4 Å². The van der Waals surface area contributed by atoms with Crippen LogP contribution in [-0.4, -0.2) is 121 Å². The average Bonchev–Trinajstić information content (AvgIpc) is 3.59. The molecule has 13 nitrogen and oxygen atoms in total. The van der Waals surface area contributed by atoms with E-state index in [4.69, 9.17) is 18.9 Å². The minimum Gasteiger partial charge on any atom is -0.444 e. The van der Waals surface area contributed by atoms with Gasteiger partial charge < -0.3 is 34.5 Å². The molecule has 0 bridgehead atoms. The zero-order valence-corrected chi connectivity index (χ0v) is 33.5. The second-order valence-electron chi connectivity index (χ2n) is 14.8. The van der Waals surface area contributed by atoms with Crippen molar-refractivity contribution in [2.75, 3.05) is 84.2 Å². The van der Waals surface area contributed by atoms with Gasteiger partial charge in [-0.3, -0.25) is 9.69 Å². The highest BCUT2D eigenvalue weighted by molar-refractivity contribution is 6.04. The molecule has 1 aliphatic heterocycles. The monoisotopic (exact) mass is 807 g/mol. The van der Waals surface area contributed by atoms with Crippen LogP contribution in [0.2, 0.25) is 0 Å². The van der Waals surface area contributed by atoms with Crippen molar-refractivity contribution < 1.29 is 41.7 Å². The lowest BCUT2D eigenvalue weighted by molar-refractivity contribution is -0.138. The Morgan fingerprint density at radius 3 is 2.29 bits per heavy atom. The Morgan fingerprint density at radius 2 is 1.57 bits per heavy atom. The summed E-state index contributed by atoms with van der Waals surface area (Å²) in [5.41, 5.74) is 1.84. The quantitative estimate of drug-likeness (QED) is 0.0999. The van der Waals surface area contributed by atoms with Gasteiger partial charge in [0.15, 0.2) is 5.65 Å². The number of nitrogens with zero attached hydrogens (tertiary/aromatic N) is 5. The van der Waals surface area contributed by atoms with Gasteiger partial charge in [0.1, 0.15) is 11.3 Å². The number of amides is 2. The molecule has 58 heavy (non-hydrogen) atoms. The Morgan fingerprint density at radius 1 is 0.862 bits per heavy atom. The molecule has 16 heteroatoms. The molecule has 1 fully saturated rings. The lowest BCUT2D eigenvalue weighted by Crippen LogP contribution is -2.46. The van der Waals surface area contributed by atoms with E-state index in [1.807, 2.05) is 17.9 Å². The van der Waals surface area contributed by atoms with Crippen LogP contribution < -0.4 is 10.6 Å². The molecular formula is C42H52F3N7O6. The molecule has 0 radical (unpaired) electrons. The number of nitrogens with one attached hydrogen (secondary N) is 2. The van der Waals surface area contributed by atoms with E-state index in [-0.39, 0.29) is 23.4 Å². The van der Waals surface area contributed by atoms with Crippen LogP contribution >= 0.6 is 0 Å². The van der Waals surface area contributed by atoms with Crippen LogP contribution in [-0.2, 0) is 31.7 Å². The summed E-state index contributed by atoms with van der Waals surface area (Å²) in [6, 6.07) is 12.5. The van der Waals surface area contributed by atoms with Crippen LogP contribution in [0.4, 0.5) is 23.7 Å². The van der Waals surface area contributed by atoms with Crippen LogP contribution in [0.5, 0.6) is 0 Å². The zero-order chi connectivity index (χ0) is 41.5. The third kappa shape index (κ3) is 14.1. The van der Waals surface area contributed by atoms with Crippen molar-refractivity contribution in [3.05, 3.63) is 94.4 Å². The molecule has 2 aromatic carbocycles. The molecule has 0 saturated carbocycles. The highest BCUT2D eigenvalue weighted by atomic mass is 19.4. The van der Waals surface area contributed by atoms with Gasteiger partial charge in [0.2, 0.25) is 0 Å². The Hall–Kier alpha value is -5.05. The number of halogens is 3. The van der Waals surface area contributed by atoms with E-state index in [1.165, 1.54) is 12.1 Å². The molecule has 0 unspecified atom stereocenters. The van der Waals surface area contributed by atoms with Crippen LogP contribution in [0.1, 0.15) is 65.5 Å². The third-order valence-electron chi connectivity index (χ3n) is 9.06. The van der Waals surface area contributed by atoms with Crippen molar-refractivity contribution >= 4 is 23.3 Å². The molecule has 0 aliphatic carbocycles. The lowest BCUT2D eigenvalue weighted by Gasteiger charge is -2.35. The highest BCUT2D eigenvalue weighted by Crippen LogP contribution is 2.35. The number of piperazine rings is 1. The van der Waals surface area contributed by atoms with E-state index < -0.39 is 29.3 Å². The molecule has 5 rings (SSSR count). The number of hydrogen-bond acceptors (Lipinski definition) is 10. The number of alkyl halides is 3. The molecular weight excluding hydrogens is 755 g/mol. The number of aryl methyl sites for hydroxylation is 1. The van der Waals surface area contributed by atoms with Gasteiger partial charge >= 0.3 is 12.3 Å². The maximum Gasteiger partial charge on any atom is 0.416 e. The Labute approximate surface area is 337 Å². The fourth-order valence-electron chi connectivity index (χ4n) is 6.09. The molecule has 3 heterocycles. The van der Waals surface area contributed by atoms with Gasteiger partial charge in [-0.2, -0.15) is 18.3 Å². The van der Waals surface area contributed by atoms with Crippen LogP contribution in [0.25, 0.3) is 5.65 Å². The van der Waals surface area contributed by atoms with Gasteiger partial charge in [-0.05, 0) is 87.6 Å². The van der Waals surface area contributed by atoms with Crippen LogP contribution in [0.15, 0.2) is 60.9 Å². The standard InChI is InChI=1S/C42H52F3N7O6/c1-31-8-9-33(27-32(31)11-13-36-29-47-38-7-5-14-48-52(36)38)39(53)49-35-12-10-34(37(28-35)42(43,44)45)30-51-19-17-50(18-20-51)16-6-21-55-23-25-57-26-24-56-22-15-46-40(54)58-41(2,3)4/h5,7-10,12,14,27-29H,6,15-26,30H2,1-4H3,(H,46,54)(H,49,53). The normalized spacial score (nSPS) is 13.9. The molecule has 1 saturated heterocycles. The molecule has 2 N–H and O–H groups in total. The molecule has 1 aliphatic rings. The summed E-state index contributed by atoms with van der Waals surface area (Å²) < 4.78 is 66.3. The van der Waals surface area contributed by atoms with Gasteiger partial charge in [-0.15, -0.1) is 0 Å². The van der Waals surface area contributed by atoms with Crippen molar-refractivity contribution in [2.24, 2.45) is 0 Å². The summed E-state index contributed by atoms with van der Waals surface area (Å²) in [6.07, 6.45) is -0.998. The number of imidazole rings is 1. The third-order valence-corrected chi connectivity index (χ3v) is 9.06. The fourth-order valence-corrected chi connectivity index (χ4v) is 6.09. The number of alkyl carbamates (subject to hydrolysis) is 1. The van der Waals surface area contributed by atoms with E-state index in [1.54, 1.807) is 61.9 Å². The number of carbonyl (C=O) groups excluding carboxylic acids is 2. The largest absolute Gasteiger partial charge is 0.444 e. The minimum absolute atomic E-state index is 0.0558. The maximum atomic E-state index is 14.3. The Balaban J connectivity index is 0.995. The first-order valence-corrected chi connectivity index (χ1v) is 19.3. The lowest BCUT2D eigenvalue weighted by atomic mass is 10.0. The summed E-state index contributed by atoms with van der Waals surface area (Å²) in [7, 11) is 0. The van der Waals surface area contributed by atoms with Crippen molar-refractivity contribution in [1.82, 2.24) is 29.7 Å². The first-order chi connectivity index (χ1) is 27.7. The smallest absolute Gasteiger partial charge is 0.416 e. The van der Waals surface area contributed by atoms with Gasteiger partial charge in [0.25, 0.3) is 5.91 Å². The number of hydrogen-bond donors (Lipinski definition) is 2. The molecule has 2 amide bonds. The van der Waals surface area contributed by atoms with Crippen molar-refractivity contribution in [3.63, 3.8) is 0 Å². The number of fused-ring (bicyclic) bond motifs is 1. The van der Waals surface area contributed by atoms with Crippen LogP contribution in [0.3, 0.4) is 0 Å². The fraction of sp³-hybridized carbons (Fsp3) is 0.476. The zero-order valence-electron chi connectivity index (χ0n) is 33.5. The Bertz CT molecular complexity index is 2030. The number of ether oxygens (including phenoxy) is 4. The van der Waals surface area contributed by atoms with E-state index in [2.05, 4.69) is 37.5 Å². The van der Waals surface area contributed by atoms with E-state index in [9.17, 15) is 22.8 Å². The number of carbonyl (C=O) groups is 2. The summed E-state index contributed by atoms with van der Waals surface area (Å²) >= 11 is 0. The number of benzene rings is 2. The average molecular weight is 808 g/mol. The summed E-state index contributed by atoms with van der Waals surface area (Å²) in [6.45, 7) is 14.0. The van der Waals surface area contributed by atoms with Gasteiger partial charge in [0.05, 0.1) is 44.8 Å². The van der Waals surface area contributed by atoms with E-state index in [0.717, 1.165) is 37.7 Å². The van der Waals surface area contributed by atoms with Gasteiger partial charge in [-0.1, -0.05) is 18.1 Å². The summed E-state index contributed by atoms with van der Waals surface area (Å²) in [5, 5.41) is 9.52. The minimum atomic E-state index is -4.60. The second-order valence-corrected chi connectivity index (χ2v) is 14.8. The SMILES string of the molecule is Cc1ccc(C(=O)Nc2ccc(CN3CCN(CCCOCCOCCOCCNC(=O)OC(C)(C)C)CC3)c(C(F)(F)F)c2)cc1C#Cc1cnc2cccnn12. The summed E-state index contributed by atoms with van der Waals surface area (Å²) in [4.78, 5) is 33.4. The maximum absolute atomic E-state index is 14.3. The second kappa shape index (κ2) is 21.1. The molecule has 312 valence electrons. The van der Waals surface area contributed by atoms with E-state index >= 15 is 0 Å². The number of aromatic nitrogens is 3. The van der Waals surface area contributed by atoms with E-state index in [0.29, 0.717) is 76.2 Å². The van der Waals surface area contributed by atoms with Crippen molar-refractivity contribution in [3.8, 4) is 11.8 Å². The predicted octanol–water partition coefficient (Wildman–Crippen LogP) is 5.79. The van der Waals surface area contributed by atoms with Crippen LogP contribution in [0, 0.1) is 18.8 Å². The first kappa shape index (κ1) is 44.1. The van der Waals surface area contributed by atoms with Crippen molar-refractivity contribution in [1.29, 1.82) is 0 Å². The molecule has 0 atom stereocenters. The summed E-state index contributed by atoms with van der Waals surface area (Å²) in [5.74, 6) is 5.57. The topological polar surface area (TPSA) is 132 Å². The molecule has 4 aromatic rings. The van der Waals surface area contributed by atoms with Gasteiger partial charge in [-0.25, -0.2) is 14.3 Å². The number of rotatable bonds is 17. The highest BCUT2D eigenvalue weighted by Gasteiger charge is 2.34.